The standard InChI is InChI=1S/C8H10N2O3/c1-13-5-2-3-6(10-4-5)7(11)8(9)12/h2-4,7,11H,1H3,(H2,9,12). The van der Waals surface area contributed by atoms with Crippen molar-refractivity contribution in [2.75, 3.05) is 7.11 Å². The molecule has 13 heavy (non-hydrogen) atoms. The Morgan fingerprint density at radius 2 is 2.38 bits per heavy atom. The van der Waals surface area contributed by atoms with Gasteiger partial charge < -0.3 is 15.6 Å². The van der Waals surface area contributed by atoms with E-state index in [2.05, 4.69) is 4.98 Å². The molecule has 1 aromatic heterocycles. The lowest BCUT2D eigenvalue weighted by Gasteiger charge is -2.05. The Labute approximate surface area is 75.2 Å². The van der Waals surface area contributed by atoms with E-state index in [1.807, 2.05) is 0 Å². The lowest BCUT2D eigenvalue weighted by Crippen LogP contribution is -2.21. The molecule has 0 aliphatic carbocycles. The molecule has 0 aliphatic heterocycles. The molecule has 1 aromatic rings. The maximum absolute atomic E-state index is 10.6. The number of nitrogens with zero attached hydrogens (tertiary/aromatic N) is 1. The molecule has 0 fully saturated rings. The number of aromatic nitrogens is 1. The molecule has 1 amide bonds. The van der Waals surface area contributed by atoms with Crippen molar-refractivity contribution >= 4 is 5.91 Å². The van der Waals surface area contributed by atoms with Crippen LogP contribution in [-0.4, -0.2) is 23.1 Å². The van der Waals surface area contributed by atoms with E-state index in [1.54, 1.807) is 6.07 Å². The third-order valence-corrected chi connectivity index (χ3v) is 1.54. The smallest absolute Gasteiger partial charge is 0.252 e. The number of aliphatic hydroxyl groups excluding tert-OH is 1. The number of rotatable bonds is 3. The molecule has 0 aromatic carbocycles. The molecule has 1 unspecified atom stereocenters. The second-order valence-corrected chi connectivity index (χ2v) is 2.43. The number of pyridine rings is 1. The Balaban J connectivity index is 2.85. The molecule has 0 radical (unpaired) electrons. The molecule has 0 saturated heterocycles. The van der Waals surface area contributed by atoms with Crippen LogP contribution in [0.4, 0.5) is 0 Å². The van der Waals surface area contributed by atoms with Crippen LogP contribution in [-0.2, 0) is 4.79 Å². The molecule has 1 heterocycles. The van der Waals surface area contributed by atoms with E-state index in [0.29, 0.717) is 5.75 Å². The minimum absolute atomic E-state index is 0.216. The first-order valence-corrected chi connectivity index (χ1v) is 3.62. The third-order valence-electron chi connectivity index (χ3n) is 1.54. The maximum atomic E-state index is 10.6. The molecular weight excluding hydrogens is 172 g/mol. The number of hydrogen-bond acceptors (Lipinski definition) is 4. The fraction of sp³-hybridized carbons (Fsp3) is 0.250. The van der Waals surface area contributed by atoms with Gasteiger partial charge in [-0.2, -0.15) is 0 Å². The Bertz CT molecular complexity index is 297. The van der Waals surface area contributed by atoms with Crippen LogP contribution in [0, 0.1) is 0 Å². The maximum Gasteiger partial charge on any atom is 0.252 e. The molecule has 5 heteroatoms. The summed E-state index contributed by atoms with van der Waals surface area (Å²) in [5.41, 5.74) is 5.09. The van der Waals surface area contributed by atoms with Crippen molar-refractivity contribution in [3.05, 3.63) is 24.0 Å². The number of primary amides is 1. The van der Waals surface area contributed by atoms with E-state index in [0.717, 1.165) is 0 Å². The number of ether oxygens (including phenoxy) is 1. The van der Waals surface area contributed by atoms with Crippen molar-refractivity contribution in [3.63, 3.8) is 0 Å². The summed E-state index contributed by atoms with van der Waals surface area (Å²) < 4.78 is 4.85. The lowest BCUT2D eigenvalue weighted by atomic mass is 10.2. The van der Waals surface area contributed by atoms with Crippen LogP contribution in [0.2, 0.25) is 0 Å². The number of carbonyl (C=O) groups excluding carboxylic acids is 1. The van der Waals surface area contributed by atoms with Crippen LogP contribution in [0.5, 0.6) is 5.75 Å². The monoisotopic (exact) mass is 182 g/mol. The van der Waals surface area contributed by atoms with E-state index < -0.39 is 12.0 Å². The fourth-order valence-corrected chi connectivity index (χ4v) is 0.820. The summed E-state index contributed by atoms with van der Waals surface area (Å²) in [4.78, 5) is 14.4. The zero-order chi connectivity index (χ0) is 9.84. The highest BCUT2D eigenvalue weighted by Gasteiger charge is 2.14. The van der Waals surface area contributed by atoms with Gasteiger partial charge in [-0.15, -0.1) is 0 Å². The Kier molecular flexibility index (Phi) is 2.81. The largest absolute Gasteiger partial charge is 0.495 e. The van der Waals surface area contributed by atoms with E-state index in [9.17, 15) is 9.90 Å². The number of methoxy groups -OCH3 is 1. The van der Waals surface area contributed by atoms with Gasteiger partial charge in [0.2, 0.25) is 0 Å². The molecule has 0 saturated carbocycles. The Morgan fingerprint density at radius 3 is 2.77 bits per heavy atom. The zero-order valence-corrected chi connectivity index (χ0v) is 7.10. The van der Waals surface area contributed by atoms with Crippen LogP contribution in [0.25, 0.3) is 0 Å². The first-order valence-electron chi connectivity index (χ1n) is 3.62. The minimum atomic E-state index is -1.36. The van der Waals surface area contributed by atoms with Crippen molar-refractivity contribution in [1.82, 2.24) is 4.98 Å². The van der Waals surface area contributed by atoms with Crippen LogP contribution >= 0.6 is 0 Å². The summed E-state index contributed by atoms with van der Waals surface area (Å²) in [6.07, 6.45) is 0.0486. The summed E-state index contributed by atoms with van der Waals surface area (Å²) >= 11 is 0. The predicted octanol–water partition coefficient (Wildman–Crippen LogP) is -0.391. The molecule has 5 nitrogen and oxygen atoms in total. The zero-order valence-electron chi connectivity index (χ0n) is 7.10. The summed E-state index contributed by atoms with van der Waals surface area (Å²) in [6.45, 7) is 0. The molecule has 0 aliphatic rings. The molecule has 70 valence electrons. The van der Waals surface area contributed by atoms with Crippen LogP contribution in [0.1, 0.15) is 11.8 Å². The molecule has 0 spiro atoms. The number of aliphatic hydroxyl groups is 1. The van der Waals surface area contributed by atoms with Crippen LogP contribution < -0.4 is 10.5 Å². The molecule has 1 atom stereocenters. The summed E-state index contributed by atoms with van der Waals surface area (Å²) in [7, 11) is 1.50. The first kappa shape index (κ1) is 9.47. The number of amides is 1. The molecule has 0 bridgehead atoms. The van der Waals surface area contributed by atoms with Gasteiger partial charge in [0.1, 0.15) is 5.75 Å². The SMILES string of the molecule is COc1ccc(C(O)C(N)=O)nc1. The number of carbonyl (C=O) groups is 1. The highest BCUT2D eigenvalue weighted by Crippen LogP contribution is 2.13. The Hall–Kier alpha value is -1.62. The van der Waals surface area contributed by atoms with E-state index >= 15 is 0 Å². The summed E-state index contributed by atoms with van der Waals surface area (Å²) in [5, 5.41) is 9.18. The predicted molar refractivity (Wildman–Crippen MR) is 44.9 cm³/mol. The van der Waals surface area contributed by atoms with Gasteiger partial charge in [-0.25, -0.2) is 0 Å². The highest BCUT2D eigenvalue weighted by atomic mass is 16.5. The van der Waals surface area contributed by atoms with Crippen molar-refractivity contribution < 1.29 is 14.6 Å². The van der Waals surface area contributed by atoms with Crippen molar-refractivity contribution in [2.45, 2.75) is 6.10 Å². The molecule has 1 rings (SSSR count). The second-order valence-electron chi connectivity index (χ2n) is 2.43. The molecule has 3 N–H and O–H groups in total. The summed E-state index contributed by atoms with van der Waals surface area (Å²) in [6, 6.07) is 3.07. The average molecular weight is 182 g/mol. The van der Waals surface area contributed by atoms with E-state index in [1.165, 1.54) is 19.4 Å². The number of nitrogens with two attached hydrogens (primary N) is 1. The van der Waals surface area contributed by atoms with Gasteiger partial charge in [0.25, 0.3) is 5.91 Å². The Morgan fingerprint density at radius 1 is 1.69 bits per heavy atom. The molecular formula is C8H10N2O3. The summed E-state index contributed by atoms with van der Waals surface area (Å²) in [5.74, 6) is -0.266. The van der Waals surface area contributed by atoms with Gasteiger partial charge in [0.15, 0.2) is 6.10 Å². The highest BCUT2D eigenvalue weighted by molar-refractivity contribution is 5.79. The second kappa shape index (κ2) is 3.86. The van der Waals surface area contributed by atoms with Gasteiger partial charge in [-0.1, -0.05) is 0 Å². The van der Waals surface area contributed by atoms with Crippen LogP contribution in [0.3, 0.4) is 0 Å². The van der Waals surface area contributed by atoms with Crippen molar-refractivity contribution in [1.29, 1.82) is 0 Å². The number of hydrogen-bond donors (Lipinski definition) is 2. The van der Waals surface area contributed by atoms with Gasteiger partial charge in [0, 0.05) is 0 Å². The normalized spacial score (nSPS) is 12.2. The first-order chi connectivity index (χ1) is 6.15. The van der Waals surface area contributed by atoms with Gasteiger partial charge in [0.05, 0.1) is 19.0 Å². The lowest BCUT2D eigenvalue weighted by molar-refractivity contribution is -0.126. The van der Waals surface area contributed by atoms with E-state index in [4.69, 9.17) is 10.5 Å². The van der Waals surface area contributed by atoms with Gasteiger partial charge in [-0.3, -0.25) is 9.78 Å². The quantitative estimate of drug-likeness (QED) is 0.666. The topological polar surface area (TPSA) is 85.4 Å². The van der Waals surface area contributed by atoms with Crippen molar-refractivity contribution in [3.8, 4) is 5.75 Å². The van der Waals surface area contributed by atoms with E-state index in [-0.39, 0.29) is 5.69 Å². The average Bonchev–Trinajstić information content (AvgIpc) is 2.17. The van der Waals surface area contributed by atoms with Crippen LogP contribution in [0.15, 0.2) is 18.3 Å². The van der Waals surface area contributed by atoms with Crippen molar-refractivity contribution in [2.24, 2.45) is 5.73 Å². The fourth-order valence-electron chi connectivity index (χ4n) is 0.820. The third kappa shape index (κ3) is 2.16. The van der Waals surface area contributed by atoms with Gasteiger partial charge >= 0.3 is 0 Å². The van der Waals surface area contributed by atoms with Gasteiger partial charge in [-0.05, 0) is 12.1 Å². The minimum Gasteiger partial charge on any atom is -0.495 e.